The van der Waals surface area contributed by atoms with Gasteiger partial charge in [0.15, 0.2) is 17.2 Å². The molecule has 12 heteroatoms. The Kier molecular flexibility index (Phi) is 4.90. The predicted octanol–water partition coefficient (Wildman–Crippen LogP) is 4.63. The second-order valence-electron chi connectivity index (χ2n) is 6.24. The van der Waals surface area contributed by atoms with E-state index in [-0.39, 0.29) is 21.6 Å². The van der Waals surface area contributed by atoms with Crippen LogP contribution in [-0.2, 0) is 6.18 Å². The second-order valence-corrected chi connectivity index (χ2v) is 7.09. The van der Waals surface area contributed by atoms with Crippen LogP contribution in [0.1, 0.15) is 29.9 Å². The molecule has 0 fully saturated rings. The lowest BCUT2D eigenvalue weighted by Gasteiger charge is -2.12. The fraction of sp³-hybridized carbons (Fsp3) is 0.167. The number of rotatable bonds is 4. The van der Waals surface area contributed by atoms with Crippen LogP contribution in [0.5, 0.6) is 0 Å². The van der Waals surface area contributed by atoms with E-state index in [0.717, 1.165) is 12.1 Å². The molecule has 3 heterocycles. The van der Waals surface area contributed by atoms with Crippen molar-refractivity contribution in [3.63, 3.8) is 0 Å². The van der Waals surface area contributed by atoms with Crippen molar-refractivity contribution in [1.29, 1.82) is 5.26 Å². The molecular weight excluding hydrogens is 467 g/mol. The zero-order valence-corrected chi connectivity index (χ0v) is 16.7. The molecule has 0 saturated heterocycles. The highest BCUT2D eigenvalue weighted by Gasteiger charge is 2.32. The van der Waals surface area contributed by atoms with Crippen LogP contribution in [-0.4, -0.2) is 24.7 Å². The Morgan fingerprint density at radius 2 is 2.07 bits per heavy atom. The third kappa shape index (κ3) is 3.71. The van der Waals surface area contributed by atoms with Gasteiger partial charge in [0.2, 0.25) is 0 Å². The first-order chi connectivity index (χ1) is 14.3. The number of oxazole rings is 1. The summed E-state index contributed by atoms with van der Waals surface area (Å²) in [6.45, 7) is 1.76. The molecule has 0 bridgehead atoms. The molecular formula is C18H11BrF3N7O. The SMILES string of the molecule is C[C@H](Nc1nc2cc(C(F)(F)F)cc(Br)c2o1)c1ncnn1-c1ccc(C#N)cn1. The summed E-state index contributed by atoms with van der Waals surface area (Å²) in [4.78, 5) is 12.5. The van der Waals surface area contributed by atoms with Crippen molar-refractivity contribution in [3.05, 3.63) is 58.2 Å². The molecule has 4 rings (SSSR count). The van der Waals surface area contributed by atoms with Gasteiger partial charge in [0.25, 0.3) is 6.01 Å². The van der Waals surface area contributed by atoms with E-state index in [1.807, 2.05) is 6.07 Å². The number of anilines is 1. The third-order valence-corrected chi connectivity index (χ3v) is 4.76. The Balaban J connectivity index is 1.62. The van der Waals surface area contributed by atoms with Crippen LogP contribution in [0.3, 0.4) is 0 Å². The molecule has 0 saturated carbocycles. The topological polar surface area (TPSA) is 105 Å². The first-order valence-corrected chi connectivity index (χ1v) is 9.26. The number of benzene rings is 1. The second kappa shape index (κ2) is 7.42. The highest BCUT2D eigenvalue weighted by atomic mass is 79.9. The highest BCUT2D eigenvalue weighted by molar-refractivity contribution is 9.10. The summed E-state index contributed by atoms with van der Waals surface area (Å²) in [5, 5.41) is 16.0. The van der Waals surface area contributed by atoms with Crippen LogP contribution in [0.25, 0.3) is 16.9 Å². The van der Waals surface area contributed by atoms with Crippen molar-refractivity contribution >= 4 is 33.0 Å². The van der Waals surface area contributed by atoms with Crippen molar-refractivity contribution in [2.45, 2.75) is 19.1 Å². The summed E-state index contributed by atoms with van der Waals surface area (Å²) in [6.07, 6.45) is -1.75. The van der Waals surface area contributed by atoms with Gasteiger partial charge in [0, 0.05) is 6.20 Å². The van der Waals surface area contributed by atoms with Gasteiger partial charge < -0.3 is 9.73 Å². The summed E-state index contributed by atoms with van der Waals surface area (Å²) in [5.41, 5.74) is -0.183. The molecule has 30 heavy (non-hydrogen) atoms. The molecule has 0 aliphatic rings. The van der Waals surface area contributed by atoms with Gasteiger partial charge in [-0.25, -0.2) is 9.97 Å². The molecule has 1 N–H and O–H groups in total. The maximum absolute atomic E-state index is 13.0. The first-order valence-electron chi connectivity index (χ1n) is 8.46. The maximum Gasteiger partial charge on any atom is 0.416 e. The predicted molar refractivity (Wildman–Crippen MR) is 103 cm³/mol. The summed E-state index contributed by atoms with van der Waals surface area (Å²) >= 11 is 3.09. The molecule has 0 aliphatic carbocycles. The zero-order valence-electron chi connectivity index (χ0n) is 15.1. The summed E-state index contributed by atoms with van der Waals surface area (Å²) in [6, 6.07) is 6.62. The minimum Gasteiger partial charge on any atom is -0.422 e. The fourth-order valence-electron chi connectivity index (χ4n) is 2.77. The van der Waals surface area contributed by atoms with Gasteiger partial charge in [-0.05, 0) is 47.1 Å². The number of nitrogens with one attached hydrogen (secondary N) is 1. The molecule has 1 atom stereocenters. The number of aromatic nitrogens is 5. The number of hydrogen-bond acceptors (Lipinski definition) is 7. The highest BCUT2D eigenvalue weighted by Crippen LogP contribution is 2.36. The van der Waals surface area contributed by atoms with Crippen molar-refractivity contribution in [2.24, 2.45) is 0 Å². The average molecular weight is 478 g/mol. The molecule has 0 aliphatic heterocycles. The standard InChI is InChI=1S/C18H11BrF3N7O/c1-9(16-25-8-26-29(16)14-3-2-10(6-23)7-24-14)27-17-28-13-5-11(18(20,21)22)4-12(19)15(13)30-17/h2-5,7-9H,1H3,(H,27,28)/t9-/m0/s1. The van der Waals surface area contributed by atoms with Crippen LogP contribution < -0.4 is 5.32 Å². The van der Waals surface area contributed by atoms with Crippen LogP contribution in [0.4, 0.5) is 19.2 Å². The molecule has 1 aromatic carbocycles. The van der Waals surface area contributed by atoms with E-state index >= 15 is 0 Å². The van der Waals surface area contributed by atoms with Crippen LogP contribution in [0, 0.1) is 11.3 Å². The zero-order chi connectivity index (χ0) is 21.5. The lowest BCUT2D eigenvalue weighted by molar-refractivity contribution is -0.137. The van der Waals surface area contributed by atoms with E-state index in [9.17, 15) is 13.2 Å². The third-order valence-electron chi connectivity index (χ3n) is 4.17. The first kappa shape index (κ1) is 19.8. The number of alkyl halides is 3. The minimum atomic E-state index is -4.50. The molecule has 0 amide bonds. The summed E-state index contributed by atoms with van der Waals surface area (Å²) in [7, 11) is 0. The van der Waals surface area contributed by atoms with Crippen molar-refractivity contribution in [2.75, 3.05) is 5.32 Å². The van der Waals surface area contributed by atoms with E-state index in [4.69, 9.17) is 9.68 Å². The molecule has 4 aromatic rings. The minimum absolute atomic E-state index is 0.0277. The van der Waals surface area contributed by atoms with E-state index < -0.39 is 17.8 Å². The number of halogens is 4. The monoisotopic (exact) mass is 477 g/mol. The van der Waals surface area contributed by atoms with Gasteiger partial charge in [-0.15, -0.1) is 0 Å². The Bertz CT molecular complexity index is 1260. The van der Waals surface area contributed by atoms with Gasteiger partial charge in [-0.3, -0.25) is 0 Å². The van der Waals surface area contributed by atoms with E-state index in [1.165, 1.54) is 17.2 Å². The number of fused-ring (bicyclic) bond motifs is 1. The summed E-state index contributed by atoms with van der Waals surface area (Å²) < 4.78 is 46.2. The quantitative estimate of drug-likeness (QED) is 0.456. The number of nitrogens with zero attached hydrogens (tertiary/aromatic N) is 6. The van der Waals surface area contributed by atoms with Gasteiger partial charge in [0.1, 0.15) is 17.9 Å². The molecule has 0 radical (unpaired) electrons. The van der Waals surface area contributed by atoms with Gasteiger partial charge >= 0.3 is 6.18 Å². The van der Waals surface area contributed by atoms with Crippen molar-refractivity contribution < 1.29 is 17.6 Å². The normalized spacial score (nSPS) is 12.7. The van der Waals surface area contributed by atoms with Gasteiger partial charge in [-0.2, -0.15) is 33.2 Å². The van der Waals surface area contributed by atoms with Crippen LogP contribution in [0.2, 0.25) is 0 Å². The van der Waals surface area contributed by atoms with Crippen LogP contribution >= 0.6 is 15.9 Å². The largest absolute Gasteiger partial charge is 0.422 e. The lowest BCUT2D eigenvalue weighted by Crippen LogP contribution is -2.14. The molecule has 8 nitrogen and oxygen atoms in total. The van der Waals surface area contributed by atoms with E-state index in [2.05, 4.69) is 41.3 Å². The molecule has 0 unspecified atom stereocenters. The Morgan fingerprint density at radius 3 is 2.73 bits per heavy atom. The van der Waals surface area contributed by atoms with E-state index in [1.54, 1.807) is 19.1 Å². The maximum atomic E-state index is 13.0. The number of nitriles is 1. The summed E-state index contributed by atoms with van der Waals surface area (Å²) in [5.74, 6) is 0.912. The Morgan fingerprint density at radius 1 is 1.27 bits per heavy atom. The number of hydrogen-bond donors (Lipinski definition) is 1. The lowest BCUT2D eigenvalue weighted by atomic mass is 10.2. The Labute approximate surface area is 175 Å². The molecule has 152 valence electrons. The average Bonchev–Trinajstić information content (AvgIpc) is 3.34. The molecule has 3 aromatic heterocycles. The van der Waals surface area contributed by atoms with Gasteiger partial charge in [0.05, 0.1) is 21.6 Å². The number of pyridine rings is 1. The van der Waals surface area contributed by atoms with Crippen molar-refractivity contribution in [3.8, 4) is 11.9 Å². The fourth-order valence-corrected chi connectivity index (χ4v) is 3.30. The molecule has 0 spiro atoms. The smallest absolute Gasteiger partial charge is 0.416 e. The van der Waals surface area contributed by atoms with Crippen molar-refractivity contribution in [1.82, 2.24) is 24.7 Å². The van der Waals surface area contributed by atoms with Gasteiger partial charge in [-0.1, -0.05) is 0 Å². The van der Waals surface area contributed by atoms with E-state index in [0.29, 0.717) is 17.2 Å². The Hall–Kier alpha value is -3.46. The van der Waals surface area contributed by atoms with Crippen LogP contribution in [0.15, 0.2) is 45.7 Å².